The SMILES string of the molecule is CCCCN(CCC)[SH](=O)=O. The molecule has 0 rings (SSSR count). The third-order valence-electron chi connectivity index (χ3n) is 1.48. The minimum atomic E-state index is -2.35. The lowest BCUT2D eigenvalue weighted by Gasteiger charge is -2.12. The lowest BCUT2D eigenvalue weighted by molar-refractivity contribution is 0.416. The number of nitrogens with zero attached hydrogens (tertiary/aromatic N) is 1. The highest BCUT2D eigenvalue weighted by molar-refractivity contribution is 7.69. The number of hydrogen-bond acceptors (Lipinski definition) is 2. The van der Waals surface area contributed by atoms with Crippen molar-refractivity contribution in [2.45, 2.75) is 33.1 Å². The smallest absolute Gasteiger partial charge is 0.203 e. The third-order valence-corrected chi connectivity index (χ3v) is 2.34. The summed E-state index contributed by atoms with van der Waals surface area (Å²) in [5.41, 5.74) is 0. The Kier molecular flexibility index (Phi) is 6.56. The molecule has 0 aromatic rings. The maximum Gasteiger partial charge on any atom is 0.203 e. The van der Waals surface area contributed by atoms with Crippen molar-refractivity contribution < 1.29 is 8.42 Å². The summed E-state index contributed by atoms with van der Waals surface area (Å²) >= 11 is 0. The molecule has 68 valence electrons. The number of rotatable bonds is 6. The molecule has 4 heteroatoms. The molecule has 0 aliphatic carbocycles. The topological polar surface area (TPSA) is 37.4 Å². The fraction of sp³-hybridized carbons (Fsp3) is 1.00. The quantitative estimate of drug-likeness (QED) is 0.618. The fourth-order valence-electron chi connectivity index (χ4n) is 0.874. The lowest BCUT2D eigenvalue weighted by Crippen LogP contribution is -2.23. The molecule has 0 fully saturated rings. The van der Waals surface area contributed by atoms with Gasteiger partial charge in [-0.1, -0.05) is 20.3 Å². The van der Waals surface area contributed by atoms with E-state index in [0.717, 1.165) is 19.3 Å². The van der Waals surface area contributed by atoms with E-state index < -0.39 is 10.9 Å². The zero-order valence-corrected chi connectivity index (χ0v) is 8.14. The van der Waals surface area contributed by atoms with Crippen LogP contribution in [0.1, 0.15) is 33.1 Å². The van der Waals surface area contributed by atoms with Gasteiger partial charge in [-0.2, -0.15) is 0 Å². The van der Waals surface area contributed by atoms with Gasteiger partial charge in [0.05, 0.1) is 0 Å². The molecule has 0 spiro atoms. The van der Waals surface area contributed by atoms with Gasteiger partial charge < -0.3 is 0 Å². The average Bonchev–Trinajstić information content (AvgIpc) is 1.97. The first-order valence-corrected chi connectivity index (χ1v) is 5.24. The Balaban J connectivity index is 3.70. The van der Waals surface area contributed by atoms with Crippen LogP contribution in [0.3, 0.4) is 0 Å². The van der Waals surface area contributed by atoms with Gasteiger partial charge in [-0.25, -0.2) is 12.7 Å². The summed E-state index contributed by atoms with van der Waals surface area (Å²) in [6.07, 6.45) is 2.90. The second-order valence-corrected chi connectivity index (χ2v) is 3.59. The molecule has 0 saturated heterocycles. The van der Waals surface area contributed by atoms with Crippen LogP contribution in [-0.4, -0.2) is 25.8 Å². The van der Waals surface area contributed by atoms with Gasteiger partial charge in [0.2, 0.25) is 10.9 Å². The second-order valence-electron chi connectivity index (χ2n) is 2.55. The number of hydrogen-bond donors (Lipinski definition) is 1. The van der Waals surface area contributed by atoms with Crippen molar-refractivity contribution >= 4 is 10.9 Å². The first-order chi connectivity index (χ1) is 5.22. The van der Waals surface area contributed by atoms with Crippen LogP contribution >= 0.6 is 0 Å². The molecule has 0 aromatic carbocycles. The number of unbranched alkanes of at least 4 members (excludes halogenated alkanes) is 1. The molecule has 0 aromatic heterocycles. The van der Waals surface area contributed by atoms with Crippen LogP contribution in [-0.2, 0) is 10.9 Å². The predicted molar refractivity (Wildman–Crippen MR) is 47.1 cm³/mol. The van der Waals surface area contributed by atoms with E-state index in [4.69, 9.17) is 0 Å². The molecule has 0 atom stereocenters. The lowest BCUT2D eigenvalue weighted by atomic mass is 10.3. The standard InChI is InChI=1S/C7H17NO2S/c1-3-5-7-8(6-4-2)11(9)10/h11H,3-7H2,1-2H3. The van der Waals surface area contributed by atoms with E-state index in [1.807, 2.05) is 6.92 Å². The fourth-order valence-corrected chi connectivity index (χ4v) is 1.54. The predicted octanol–water partition coefficient (Wildman–Crippen LogP) is 1.02. The summed E-state index contributed by atoms with van der Waals surface area (Å²) in [6, 6.07) is 0. The summed E-state index contributed by atoms with van der Waals surface area (Å²) in [4.78, 5) is 0. The maximum atomic E-state index is 10.6. The van der Waals surface area contributed by atoms with E-state index in [1.54, 1.807) is 0 Å². The van der Waals surface area contributed by atoms with Crippen molar-refractivity contribution in [2.75, 3.05) is 13.1 Å². The van der Waals surface area contributed by atoms with Gasteiger partial charge in [-0.3, -0.25) is 0 Å². The van der Waals surface area contributed by atoms with Crippen LogP contribution in [0.15, 0.2) is 0 Å². The third kappa shape index (κ3) is 5.21. The first-order valence-electron chi connectivity index (χ1n) is 4.11. The largest absolute Gasteiger partial charge is 0.215 e. The molecule has 0 amide bonds. The van der Waals surface area contributed by atoms with E-state index in [9.17, 15) is 8.42 Å². The van der Waals surface area contributed by atoms with Crippen molar-refractivity contribution in [1.82, 2.24) is 4.31 Å². The molecular weight excluding hydrogens is 162 g/mol. The van der Waals surface area contributed by atoms with Gasteiger partial charge in [-0.15, -0.1) is 0 Å². The molecule has 0 unspecified atom stereocenters. The normalized spacial score (nSPS) is 11.3. The second kappa shape index (κ2) is 6.61. The van der Waals surface area contributed by atoms with Crippen molar-refractivity contribution in [3.63, 3.8) is 0 Å². The van der Waals surface area contributed by atoms with E-state index in [0.29, 0.717) is 13.1 Å². The van der Waals surface area contributed by atoms with Crippen molar-refractivity contribution in [3.05, 3.63) is 0 Å². The first kappa shape index (κ1) is 10.9. The highest BCUT2D eigenvalue weighted by atomic mass is 32.2. The molecule has 0 heterocycles. The monoisotopic (exact) mass is 179 g/mol. The van der Waals surface area contributed by atoms with Crippen LogP contribution < -0.4 is 0 Å². The Labute approximate surface area is 70.5 Å². The number of thiol groups is 1. The van der Waals surface area contributed by atoms with Gasteiger partial charge in [-0.05, 0) is 12.8 Å². The molecule has 0 aliphatic rings. The Morgan fingerprint density at radius 3 is 2.09 bits per heavy atom. The Morgan fingerprint density at radius 2 is 1.73 bits per heavy atom. The van der Waals surface area contributed by atoms with E-state index in [2.05, 4.69) is 6.92 Å². The van der Waals surface area contributed by atoms with Crippen LogP contribution in [0.4, 0.5) is 0 Å². The van der Waals surface area contributed by atoms with Crippen molar-refractivity contribution in [2.24, 2.45) is 0 Å². The summed E-state index contributed by atoms with van der Waals surface area (Å²) in [5.74, 6) is 0. The molecule has 0 saturated carbocycles. The minimum Gasteiger partial charge on any atom is -0.215 e. The van der Waals surface area contributed by atoms with Gasteiger partial charge >= 0.3 is 0 Å². The van der Waals surface area contributed by atoms with Crippen LogP contribution in [0, 0.1) is 0 Å². The van der Waals surface area contributed by atoms with E-state index in [-0.39, 0.29) is 0 Å². The van der Waals surface area contributed by atoms with Gasteiger partial charge in [0.1, 0.15) is 0 Å². The van der Waals surface area contributed by atoms with Crippen LogP contribution in [0.2, 0.25) is 0 Å². The zero-order valence-electron chi connectivity index (χ0n) is 7.25. The molecular formula is C7H17NO2S. The molecule has 0 radical (unpaired) electrons. The van der Waals surface area contributed by atoms with E-state index in [1.165, 1.54) is 4.31 Å². The Morgan fingerprint density at radius 1 is 1.09 bits per heavy atom. The minimum absolute atomic E-state index is 0.665. The van der Waals surface area contributed by atoms with Gasteiger partial charge in [0, 0.05) is 13.1 Å². The Hall–Kier alpha value is -0.0900. The van der Waals surface area contributed by atoms with Crippen LogP contribution in [0.25, 0.3) is 0 Å². The molecule has 0 bridgehead atoms. The molecule has 0 N–H and O–H groups in total. The Bertz CT molecular complexity index is 149. The molecule has 0 aliphatic heterocycles. The molecule has 11 heavy (non-hydrogen) atoms. The summed E-state index contributed by atoms with van der Waals surface area (Å²) in [7, 11) is -2.35. The van der Waals surface area contributed by atoms with Gasteiger partial charge in [0.15, 0.2) is 0 Å². The van der Waals surface area contributed by atoms with Crippen molar-refractivity contribution in [3.8, 4) is 0 Å². The zero-order chi connectivity index (χ0) is 8.69. The summed E-state index contributed by atoms with van der Waals surface area (Å²) < 4.78 is 22.6. The van der Waals surface area contributed by atoms with E-state index >= 15 is 0 Å². The maximum absolute atomic E-state index is 10.6. The average molecular weight is 179 g/mol. The highest BCUT2D eigenvalue weighted by Gasteiger charge is 2.02. The molecule has 3 nitrogen and oxygen atoms in total. The van der Waals surface area contributed by atoms with Gasteiger partial charge in [0.25, 0.3) is 0 Å². The van der Waals surface area contributed by atoms with Crippen LogP contribution in [0.5, 0.6) is 0 Å². The highest BCUT2D eigenvalue weighted by Crippen LogP contribution is 1.95. The summed E-state index contributed by atoms with van der Waals surface area (Å²) in [5, 5.41) is 0. The summed E-state index contributed by atoms with van der Waals surface area (Å²) in [6.45, 7) is 5.39. The van der Waals surface area contributed by atoms with Crippen molar-refractivity contribution in [1.29, 1.82) is 0 Å².